The van der Waals surface area contributed by atoms with Gasteiger partial charge in [-0.1, -0.05) is 18.9 Å². The van der Waals surface area contributed by atoms with Gasteiger partial charge in [-0.3, -0.25) is 9.59 Å². The molecule has 0 spiro atoms. The molecule has 1 amide bonds. The van der Waals surface area contributed by atoms with E-state index in [1.54, 1.807) is 23.1 Å². The second kappa shape index (κ2) is 6.83. The summed E-state index contributed by atoms with van der Waals surface area (Å²) in [6.07, 6.45) is 4.02. The van der Waals surface area contributed by atoms with Crippen molar-refractivity contribution in [1.29, 1.82) is 0 Å². The Hall–Kier alpha value is -1.43. The number of halogens is 1. The molecule has 2 rings (SSSR count). The Bertz CT molecular complexity index is 501. The predicted molar refractivity (Wildman–Crippen MR) is 77.2 cm³/mol. The number of amides is 1. The summed E-state index contributed by atoms with van der Waals surface area (Å²) < 4.78 is 5.29. The third-order valence-electron chi connectivity index (χ3n) is 3.49. The Kier molecular flexibility index (Phi) is 5.11. The van der Waals surface area contributed by atoms with Crippen molar-refractivity contribution in [2.75, 3.05) is 13.7 Å². The molecule has 1 fully saturated rings. The van der Waals surface area contributed by atoms with Gasteiger partial charge < -0.3 is 9.64 Å². The summed E-state index contributed by atoms with van der Waals surface area (Å²) in [6, 6.07) is 5.28. The second-order valence-corrected chi connectivity index (χ2v) is 5.61. The highest BCUT2D eigenvalue weighted by molar-refractivity contribution is 9.10. The molecule has 0 atom stereocenters. The van der Waals surface area contributed by atoms with E-state index in [9.17, 15) is 9.59 Å². The van der Waals surface area contributed by atoms with E-state index in [1.165, 1.54) is 7.11 Å². The highest BCUT2D eigenvalue weighted by atomic mass is 79.9. The summed E-state index contributed by atoms with van der Waals surface area (Å²) in [5.41, 5.74) is 0.343. The number of pyridine rings is 1. The number of nitrogens with zero attached hydrogens (tertiary/aromatic N) is 2. The maximum Gasteiger partial charge on any atom is 0.325 e. The van der Waals surface area contributed by atoms with Crippen LogP contribution in [-0.2, 0) is 9.53 Å². The molecule has 0 saturated heterocycles. The van der Waals surface area contributed by atoms with Crippen molar-refractivity contribution in [3.63, 3.8) is 0 Å². The van der Waals surface area contributed by atoms with E-state index in [-0.39, 0.29) is 18.5 Å². The molecule has 0 unspecified atom stereocenters. The minimum atomic E-state index is -0.403. The molecule has 5 nitrogen and oxygen atoms in total. The lowest BCUT2D eigenvalue weighted by Gasteiger charge is -2.27. The zero-order valence-corrected chi connectivity index (χ0v) is 12.9. The van der Waals surface area contributed by atoms with Gasteiger partial charge in [-0.05, 0) is 40.9 Å². The summed E-state index contributed by atoms with van der Waals surface area (Å²) in [5.74, 6) is -0.621. The Balaban J connectivity index is 2.20. The van der Waals surface area contributed by atoms with Gasteiger partial charge in [-0.15, -0.1) is 0 Å². The fourth-order valence-electron chi connectivity index (χ4n) is 2.46. The standard InChI is InChI=1S/C14H17BrN2O3/c1-20-13(18)9-17(10-5-2-3-6-10)14(19)11-7-4-8-12(15)16-11/h4,7-8,10H,2-3,5-6,9H2,1H3. The zero-order valence-electron chi connectivity index (χ0n) is 11.3. The van der Waals surface area contributed by atoms with Crippen LogP contribution in [0.4, 0.5) is 0 Å². The molecule has 20 heavy (non-hydrogen) atoms. The van der Waals surface area contributed by atoms with Crippen molar-refractivity contribution >= 4 is 27.8 Å². The molecule has 0 aromatic carbocycles. The molecule has 1 aromatic rings. The summed E-state index contributed by atoms with van der Waals surface area (Å²) in [7, 11) is 1.33. The van der Waals surface area contributed by atoms with Gasteiger partial charge in [0.2, 0.25) is 0 Å². The van der Waals surface area contributed by atoms with Gasteiger partial charge in [0, 0.05) is 6.04 Å². The summed E-state index contributed by atoms with van der Waals surface area (Å²) in [6.45, 7) is -0.0196. The monoisotopic (exact) mass is 340 g/mol. The van der Waals surface area contributed by atoms with Crippen molar-refractivity contribution in [2.24, 2.45) is 0 Å². The second-order valence-electron chi connectivity index (χ2n) is 4.79. The largest absolute Gasteiger partial charge is 0.468 e. The molecule has 0 bridgehead atoms. The number of carbonyl (C=O) groups is 2. The van der Waals surface area contributed by atoms with Crippen LogP contribution in [0.25, 0.3) is 0 Å². The smallest absolute Gasteiger partial charge is 0.325 e. The third-order valence-corrected chi connectivity index (χ3v) is 3.93. The minimum Gasteiger partial charge on any atom is -0.468 e. The number of carbonyl (C=O) groups excluding carboxylic acids is 2. The van der Waals surface area contributed by atoms with Crippen LogP contribution < -0.4 is 0 Å². The van der Waals surface area contributed by atoms with Crippen molar-refractivity contribution in [2.45, 2.75) is 31.7 Å². The number of aromatic nitrogens is 1. The van der Waals surface area contributed by atoms with Gasteiger partial charge in [-0.2, -0.15) is 0 Å². The number of rotatable bonds is 4. The normalized spacial score (nSPS) is 15.1. The van der Waals surface area contributed by atoms with Gasteiger partial charge in [0.25, 0.3) is 5.91 Å². The molecular weight excluding hydrogens is 324 g/mol. The van der Waals surface area contributed by atoms with E-state index >= 15 is 0 Å². The van der Waals surface area contributed by atoms with Gasteiger partial charge in [0.05, 0.1) is 7.11 Å². The predicted octanol–water partition coefficient (Wildman–Crippen LogP) is 2.40. The van der Waals surface area contributed by atoms with Gasteiger partial charge in [0.1, 0.15) is 16.8 Å². The summed E-state index contributed by atoms with van der Waals surface area (Å²) in [5, 5.41) is 0. The molecule has 1 aromatic heterocycles. The highest BCUT2D eigenvalue weighted by Gasteiger charge is 2.30. The molecular formula is C14H17BrN2O3. The molecule has 1 heterocycles. The molecule has 0 N–H and O–H groups in total. The third kappa shape index (κ3) is 3.56. The minimum absolute atomic E-state index is 0.0196. The van der Waals surface area contributed by atoms with Crippen LogP contribution >= 0.6 is 15.9 Å². The van der Waals surface area contributed by atoms with E-state index in [0.29, 0.717) is 10.3 Å². The average Bonchev–Trinajstić information content (AvgIpc) is 2.97. The fraction of sp³-hybridized carbons (Fsp3) is 0.500. The van der Waals surface area contributed by atoms with Crippen LogP contribution in [0.5, 0.6) is 0 Å². The van der Waals surface area contributed by atoms with Crippen molar-refractivity contribution in [1.82, 2.24) is 9.88 Å². The van der Waals surface area contributed by atoms with Crippen LogP contribution in [0.2, 0.25) is 0 Å². The molecule has 1 aliphatic rings. The lowest BCUT2D eigenvalue weighted by molar-refractivity contribution is -0.141. The van der Waals surface area contributed by atoms with E-state index in [0.717, 1.165) is 25.7 Å². The van der Waals surface area contributed by atoms with Crippen LogP contribution in [0.3, 0.4) is 0 Å². The Morgan fingerprint density at radius 2 is 2.10 bits per heavy atom. The topological polar surface area (TPSA) is 59.5 Å². The zero-order chi connectivity index (χ0) is 14.5. The van der Waals surface area contributed by atoms with E-state index < -0.39 is 5.97 Å². The van der Waals surface area contributed by atoms with Gasteiger partial charge in [0.15, 0.2) is 0 Å². The molecule has 6 heteroatoms. The Morgan fingerprint density at radius 1 is 1.40 bits per heavy atom. The number of esters is 1. The number of methoxy groups -OCH3 is 1. The first kappa shape index (κ1) is 15.0. The van der Waals surface area contributed by atoms with E-state index in [4.69, 9.17) is 0 Å². The van der Waals surface area contributed by atoms with E-state index in [2.05, 4.69) is 25.7 Å². The quantitative estimate of drug-likeness (QED) is 0.623. The van der Waals surface area contributed by atoms with Gasteiger partial charge in [-0.25, -0.2) is 4.98 Å². The van der Waals surface area contributed by atoms with Crippen molar-refractivity contribution in [3.8, 4) is 0 Å². The molecule has 1 aliphatic carbocycles. The van der Waals surface area contributed by atoms with Crippen LogP contribution in [0, 0.1) is 0 Å². The highest BCUT2D eigenvalue weighted by Crippen LogP contribution is 2.24. The average molecular weight is 341 g/mol. The van der Waals surface area contributed by atoms with E-state index in [1.807, 2.05) is 0 Å². The van der Waals surface area contributed by atoms with Crippen molar-refractivity contribution < 1.29 is 14.3 Å². The number of hydrogen-bond acceptors (Lipinski definition) is 4. The Morgan fingerprint density at radius 3 is 2.70 bits per heavy atom. The lowest BCUT2D eigenvalue weighted by atomic mass is 10.2. The number of hydrogen-bond donors (Lipinski definition) is 0. The molecule has 108 valence electrons. The van der Waals surface area contributed by atoms with Crippen LogP contribution in [0.1, 0.15) is 36.2 Å². The molecule has 1 saturated carbocycles. The lowest BCUT2D eigenvalue weighted by Crippen LogP contribution is -2.43. The van der Waals surface area contributed by atoms with Crippen LogP contribution in [0.15, 0.2) is 22.8 Å². The SMILES string of the molecule is COC(=O)CN(C(=O)c1cccc(Br)n1)C1CCCC1. The first-order chi connectivity index (χ1) is 9.61. The summed E-state index contributed by atoms with van der Waals surface area (Å²) in [4.78, 5) is 29.9. The molecule has 0 aliphatic heterocycles. The van der Waals surface area contributed by atoms with Gasteiger partial charge >= 0.3 is 5.97 Å². The van der Waals surface area contributed by atoms with Crippen LogP contribution in [-0.4, -0.2) is 41.5 Å². The maximum absolute atomic E-state index is 12.6. The number of ether oxygens (including phenoxy) is 1. The fourth-order valence-corrected chi connectivity index (χ4v) is 2.80. The first-order valence-electron chi connectivity index (χ1n) is 6.62. The molecule has 0 radical (unpaired) electrons. The first-order valence-corrected chi connectivity index (χ1v) is 7.41. The summed E-state index contributed by atoms with van der Waals surface area (Å²) >= 11 is 3.25. The maximum atomic E-state index is 12.6. The van der Waals surface area contributed by atoms with Crippen molar-refractivity contribution in [3.05, 3.63) is 28.5 Å². The Labute approximate surface area is 126 Å².